The molecule has 3 fully saturated rings. The maximum absolute atomic E-state index is 11.6. The van der Waals surface area contributed by atoms with Crippen LogP contribution in [0.5, 0.6) is 0 Å². The number of nitrogen functional groups attached to an aromatic ring is 1. The van der Waals surface area contributed by atoms with Gasteiger partial charge in [-0.05, 0) is 32.7 Å². The van der Waals surface area contributed by atoms with Crippen molar-refractivity contribution < 1.29 is 0 Å². The summed E-state index contributed by atoms with van der Waals surface area (Å²) in [6.45, 7) is 3.92. The highest BCUT2D eigenvalue weighted by molar-refractivity contribution is 5.41. The Balaban J connectivity index is 1.39. The van der Waals surface area contributed by atoms with Crippen LogP contribution in [-0.2, 0) is 0 Å². The number of rotatable bonds is 2. The van der Waals surface area contributed by atoms with E-state index in [-0.39, 0.29) is 11.5 Å². The van der Waals surface area contributed by atoms with Crippen molar-refractivity contribution in [1.82, 2.24) is 19.8 Å². The highest BCUT2D eigenvalue weighted by atomic mass is 16.1. The highest BCUT2D eigenvalue weighted by Crippen LogP contribution is 2.36. The van der Waals surface area contributed by atoms with Crippen LogP contribution in [0.2, 0.25) is 0 Å². The first kappa shape index (κ1) is 15.0. The first-order chi connectivity index (χ1) is 11.1. The van der Waals surface area contributed by atoms with Gasteiger partial charge in [0.15, 0.2) is 0 Å². The van der Waals surface area contributed by atoms with Crippen LogP contribution in [0.3, 0.4) is 0 Å². The molecule has 7 heteroatoms. The number of anilines is 2. The fourth-order valence-corrected chi connectivity index (χ4v) is 4.62. The van der Waals surface area contributed by atoms with E-state index in [0.29, 0.717) is 5.82 Å². The van der Waals surface area contributed by atoms with Crippen LogP contribution < -0.4 is 16.2 Å². The third-order valence-electron chi connectivity index (χ3n) is 5.97. The molecule has 23 heavy (non-hydrogen) atoms. The number of hydrogen-bond donors (Lipinski definition) is 2. The summed E-state index contributed by atoms with van der Waals surface area (Å²) in [4.78, 5) is 25.7. The quantitative estimate of drug-likeness (QED) is 0.805. The van der Waals surface area contributed by atoms with E-state index < -0.39 is 0 Å². The zero-order valence-electron chi connectivity index (χ0n) is 13.7. The SMILES string of the molecule is CN1C2CCC1CC(N1CCN(c3cc(=O)[nH]c(N)n3)CC1)C2. The van der Waals surface area contributed by atoms with Crippen LogP contribution in [0.25, 0.3) is 0 Å². The standard InChI is InChI=1S/C16H26N6O/c1-20-11-2-3-12(20)9-13(8-11)21-4-6-22(7-5-21)14-10-15(23)19-16(17)18-14/h10-13H,2-9H2,1H3,(H3,17,18,19,23). The predicted octanol–water partition coefficient (Wildman–Crippen LogP) is 0.0993. The topological polar surface area (TPSA) is 81.5 Å². The third kappa shape index (κ3) is 2.83. The molecule has 1 aromatic rings. The Kier molecular flexibility index (Phi) is 3.77. The van der Waals surface area contributed by atoms with Gasteiger partial charge in [0.1, 0.15) is 5.82 Å². The van der Waals surface area contributed by atoms with Gasteiger partial charge in [0.05, 0.1) is 0 Å². The lowest BCUT2D eigenvalue weighted by Crippen LogP contribution is -2.55. The molecule has 126 valence electrons. The minimum atomic E-state index is -0.179. The predicted molar refractivity (Wildman–Crippen MR) is 90.7 cm³/mol. The summed E-state index contributed by atoms with van der Waals surface area (Å²) in [6, 6.07) is 3.84. The molecule has 0 spiro atoms. The molecule has 2 bridgehead atoms. The molecule has 3 aliphatic rings. The van der Waals surface area contributed by atoms with Crippen molar-refractivity contribution in [3.63, 3.8) is 0 Å². The summed E-state index contributed by atoms with van der Waals surface area (Å²) in [5, 5.41) is 0. The van der Waals surface area contributed by atoms with Crippen molar-refractivity contribution in [3.8, 4) is 0 Å². The molecule has 0 aromatic carbocycles. The van der Waals surface area contributed by atoms with Gasteiger partial charge < -0.3 is 15.5 Å². The summed E-state index contributed by atoms with van der Waals surface area (Å²) in [5.41, 5.74) is 5.47. The first-order valence-electron chi connectivity index (χ1n) is 8.68. The van der Waals surface area contributed by atoms with Crippen LogP contribution >= 0.6 is 0 Å². The molecule has 7 nitrogen and oxygen atoms in total. The molecule has 2 atom stereocenters. The molecule has 3 N–H and O–H groups in total. The smallest absolute Gasteiger partial charge is 0.254 e. The van der Waals surface area contributed by atoms with E-state index >= 15 is 0 Å². The lowest BCUT2D eigenvalue weighted by Gasteiger charge is -2.45. The fraction of sp³-hybridized carbons (Fsp3) is 0.750. The molecule has 3 saturated heterocycles. The van der Waals surface area contributed by atoms with Gasteiger partial charge in [0, 0.05) is 50.4 Å². The third-order valence-corrected chi connectivity index (χ3v) is 5.97. The number of hydrogen-bond acceptors (Lipinski definition) is 6. The van der Waals surface area contributed by atoms with E-state index in [0.717, 1.165) is 44.3 Å². The van der Waals surface area contributed by atoms with Crippen molar-refractivity contribution in [3.05, 3.63) is 16.4 Å². The minimum Gasteiger partial charge on any atom is -0.369 e. The summed E-state index contributed by atoms with van der Waals surface area (Å²) < 4.78 is 0. The van der Waals surface area contributed by atoms with Crippen LogP contribution in [0, 0.1) is 0 Å². The van der Waals surface area contributed by atoms with Gasteiger partial charge in [-0.25, -0.2) is 0 Å². The van der Waals surface area contributed by atoms with Crippen molar-refractivity contribution in [1.29, 1.82) is 0 Å². The maximum Gasteiger partial charge on any atom is 0.254 e. The van der Waals surface area contributed by atoms with E-state index in [9.17, 15) is 4.79 Å². The van der Waals surface area contributed by atoms with Gasteiger partial charge in [-0.1, -0.05) is 0 Å². The number of aromatic amines is 1. The molecular weight excluding hydrogens is 292 g/mol. The number of nitrogens with one attached hydrogen (secondary N) is 1. The average Bonchev–Trinajstić information content (AvgIpc) is 2.75. The Morgan fingerprint density at radius 1 is 1.13 bits per heavy atom. The summed E-state index contributed by atoms with van der Waals surface area (Å²) >= 11 is 0. The second-order valence-corrected chi connectivity index (χ2v) is 7.19. The van der Waals surface area contributed by atoms with E-state index in [1.807, 2.05) is 0 Å². The fourth-order valence-electron chi connectivity index (χ4n) is 4.62. The van der Waals surface area contributed by atoms with Gasteiger partial charge in [-0.15, -0.1) is 0 Å². The Labute approximate surface area is 136 Å². The second-order valence-electron chi connectivity index (χ2n) is 7.19. The van der Waals surface area contributed by atoms with E-state index in [1.165, 1.54) is 25.7 Å². The van der Waals surface area contributed by atoms with Crippen LogP contribution in [0.4, 0.5) is 11.8 Å². The van der Waals surface area contributed by atoms with Gasteiger partial charge in [-0.2, -0.15) is 4.98 Å². The molecule has 1 aromatic heterocycles. The van der Waals surface area contributed by atoms with Crippen LogP contribution in [0.15, 0.2) is 10.9 Å². The number of H-pyrrole nitrogens is 1. The Morgan fingerprint density at radius 2 is 1.78 bits per heavy atom. The molecule has 0 aliphatic carbocycles. The van der Waals surface area contributed by atoms with E-state index in [2.05, 4.69) is 31.7 Å². The number of nitrogens with two attached hydrogens (primary N) is 1. The van der Waals surface area contributed by atoms with Crippen molar-refractivity contribution in [2.24, 2.45) is 0 Å². The number of fused-ring (bicyclic) bond motifs is 2. The number of nitrogens with zero attached hydrogens (tertiary/aromatic N) is 4. The minimum absolute atomic E-state index is 0.179. The first-order valence-corrected chi connectivity index (χ1v) is 8.68. The highest BCUT2D eigenvalue weighted by Gasteiger charge is 2.40. The lowest BCUT2D eigenvalue weighted by molar-refractivity contribution is 0.0718. The summed E-state index contributed by atoms with van der Waals surface area (Å²) in [7, 11) is 2.29. The lowest BCUT2D eigenvalue weighted by atomic mass is 9.96. The zero-order valence-corrected chi connectivity index (χ0v) is 13.7. The molecular formula is C16H26N6O. The monoisotopic (exact) mass is 318 g/mol. The molecule has 0 saturated carbocycles. The summed E-state index contributed by atoms with van der Waals surface area (Å²) in [6.07, 6.45) is 5.35. The largest absolute Gasteiger partial charge is 0.369 e. The van der Waals surface area contributed by atoms with Crippen molar-refractivity contribution in [2.75, 3.05) is 43.9 Å². The van der Waals surface area contributed by atoms with Gasteiger partial charge in [-0.3, -0.25) is 14.7 Å². The molecule has 2 unspecified atom stereocenters. The van der Waals surface area contributed by atoms with Crippen molar-refractivity contribution in [2.45, 2.75) is 43.8 Å². The van der Waals surface area contributed by atoms with E-state index in [4.69, 9.17) is 5.73 Å². The molecule has 0 amide bonds. The normalized spacial score (nSPS) is 32.4. The van der Waals surface area contributed by atoms with Gasteiger partial charge in [0.2, 0.25) is 5.95 Å². The zero-order chi connectivity index (χ0) is 16.0. The average molecular weight is 318 g/mol. The Bertz CT molecular complexity index is 609. The molecule has 3 aliphatic heterocycles. The van der Waals surface area contributed by atoms with Crippen LogP contribution in [0.1, 0.15) is 25.7 Å². The Hall–Kier alpha value is -1.60. The molecule has 4 rings (SSSR count). The van der Waals surface area contributed by atoms with Gasteiger partial charge >= 0.3 is 0 Å². The van der Waals surface area contributed by atoms with Gasteiger partial charge in [0.25, 0.3) is 5.56 Å². The molecule has 4 heterocycles. The van der Waals surface area contributed by atoms with Crippen molar-refractivity contribution >= 4 is 11.8 Å². The number of piperazine rings is 1. The maximum atomic E-state index is 11.6. The molecule has 0 radical (unpaired) electrons. The number of aromatic nitrogens is 2. The van der Waals surface area contributed by atoms with Crippen LogP contribution in [-0.4, -0.2) is 71.1 Å². The Morgan fingerprint density at radius 3 is 2.39 bits per heavy atom. The number of piperidine rings is 1. The summed E-state index contributed by atoms with van der Waals surface area (Å²) in [5.74, 6) is 0.899. The van der Waals surface area contributed by atoms with E-state index in [1.54, 1.807) is 6.07 Å². The second kappa shape index (κ2) is 5.79.